The van der Waals surface area contributed by atoms with Crippen molar-refractivity contribution in [1.29, 1.82) is 0 Å². The second-order valence-electron chi connectivity index (χ2n) is 4.31. The van der Waals surface area contributed by atoms with E-state index >= 15 is 0 Å². The van der Waals surface area contributed by atoms with Crippen molar-refractivity contribution < 1.29 is 9.53 Å². The molecule has 1 fully saturated rings. The van der Waals surface area contributed by atoms with Crippen LogP contribution in [0.2, 0.25) is 0 Å². The number of aromatic nitrogens is 2. The number of nitrogen functional groups attached to an aromatic ring is 1. The molecule has 0 atom stereocenters. The van der Waals surface area contributed by atoms with Gasteiger partial charge in [0.1, 0.15) is 18.0 Å². The lowest BCUT2D eigenvalue weighted by molar-refractivity contribution is -0.148. The van der Waals surface area contributed by atoms with Gasteiger partial charge < -0.3 is 15.4 Å². The van der Waals surface area contributed by atoms with E-state index in [9.17, 15) is 4.79 Å². The average molecular weight is 250 g/mol. The average Bonchev–Trinajstić information content (AvgIpc) is 2.39. The minimum Gasteiger partial charge on any atom is -0.466 e. The van der Waals surface area contributed by atoms with Crippen molar-refractivity contribution in [2.24, 2.45) is 5.92 Å². The van der Waals surface area contributed by atoms with Crippen molar-refractivity contribution in [2.75, 3.05) is 30.3 Å². The Hall–Kier alpha value is -1.85. The Bertz CT molecular complexity index is 416. The Labute approximate surface area is 106 Å². The predicted octanol–water partition coefficient (Wildman–Crippen LogP) is 0.838. The summed E-state index contributed by atoms with van der Waals surface area (Å²) in [7, 11) is 0. The van der Waals surface area contributed by atoms with Gasteiger partial charge >= 0.3 is 5.97 Å². The number of nitrogens with two attached hydrogens (primary N) is 1. The maximum Gasteiger partial charge on any atom is 0.309 e. The maximum atomic E-state index is 11.6. The standard InChI is InChI=1S/C12H18N4O2/c1-2-18-12(17)9-3-5-16(6-4-9)11-7-10(13)14-8-15-11/h7-9H,2-6H2,1H3,(H2,13,14,15). The Morgan fingerprint density at radius 2 is 2.22 bits per heavy atom. The first-order valence-electron chi connectivity index (χ1n) is 6.19. The molecule has 6 nitrogen and oxygen atoms in total. The third-order valence-corrected chi connectivity index (χ3v) is 3.11. The van der Waals surface area contributed by atoms with Crippen LogP contribution < -0.4 is 10.6 Å². The molecular formula is C12H18N4O2. The van der Waals surface area contributed by atoms with Gasteiger partial charge in [-0.25, -0.2) is 9.97 Å². The molecule has 0 amide bonds. The van der Waals surface area contributed by atoms with E-state index in [0.29, 0.717) is 12.4 Å². The lowest BCUT2D eigenvalue weighted by Crippen LogP contribution is -2.37. The van der Waals surface area contributed by atoms with E-state index in [4.69, 9.17) is 10.5 Å². The topological polar surface area (TPSA) is 81.3 Å². The largest absolute Gasteiger partial charge is 0.466 e. The Kier molecular flexibility index (Phi) is 3.96. The maximum absolute atomic E-state index is 11.6. The van der Waals surface area contributed by atoms with E-state index in [2.05, 4.69) is 14.9 Å². The summed E-state index contributed by atoms with van der Waals surface area (Å²) >= 11 is 0. The minimum absolute atomic E-state index is 0.0142. The molecule has 0 spiro atoms. The first-order chi connectivity index (χ1) is 8.70. The van der Waals surface area contributed by atoms with Gasteiger partial charge in [0, 0.05) is 19.2 Å². The summed E-state index contributed by atoms with van der Waals surface area (Å²) < 4.78 is 5.04. The van der Waals surface area contributed by atoms with Crippen LogP contribution in [0.4, 0.5) is 11.6 Å². The summed E-state index contributed by atoms with van der Waals surface area (Å²) in [5.74, 6) is 1.22. The quantitative estimate of drug-likeness (QED) is 0.800. The predicted molar refractivity (Wildman–Crippen MR) is 68.0 cm³/mol. The van der Waals surface area contributed by atoms with Gasteiger partial charge in [-0.05, 0) is 19.8 Å². The number of hydrogen-bond acceptors (Lipinski definition) is 6. The van der Waals surface area contributed by atoms with Crippen molar-refractivity contribution in [2.45, 2.75) is 19.8 Å². The summed E-state index contributed by atoms with van der Waals surface area (Å²) in [6.07, 6.45) is 3.05. The molecule has 6 heteroatoms. The number of ether oxygens (including phenoxy) is 1. The van der Waals surface area contributed by atoms with E-state index < -0.39 is 0 Å². The molecule has 0 aromatic carbocycles. The van der Waals surface area contributed by atoms with Crippen LogP contribution in [0.1, 0.15) is 19.8 Å². The van der Waals surface area contributed by atoms with Crippen LogP contribution in [0.15, 0.2) is 12.4 Å². The highest BCUT2D eigenvalue weighted by Crippen LogP contribution is 2.23. The van der Waals surface area contributed by atoms with Crippen molar-refractivity contribution in [3.05, 3.63) is 12.4 Å². The van der Waals surface area contributed by atoms with Crippen LogP contribution in [0.3, 0.4) is 0 Å². The fourth-order valence-electron chi connectivity index (χ4n) is 2.14. The minimum atomic E-state index is -0.0839. The number of anilines is 2. The van der Waals surface area contributed by atoms with E-state index in [1.807, 2.05) is 6.92 Å². The zero-order valence-electron chi connectivity index (χ0n) is 10.5. The van der Waals surface area contributed by atoms with Gasteiger partial charge in [-0.2, -0.15) is 0 Å². The zero-order chi connectivity index (χ0) is 13.0. The van der Waals surface area contributed by atoms with Crippen LogP contribution in [-0.2, 0) is 9.53 Å². The van der Waals surface area contributed by atoms with E-state index in [-0.39, 0.29) is 11.9 Å². The molecule has 0 unspecified atom stereocenters. The molecule has 1 aliphatic heterocycles. The number of esters is 1. The fraction of sp³-hybridized carbons (Fsp3) is 0.583. The SMILES string of the molecule is CCOC(=O)C1CCN(c2cc(N)ncn2)CC1. The Balaban J connectivity index is 1.92. The second kappa shape index (κ2) is 5.66. The van der Waals surface area contributed by atoms with E-state index in [1.165, 1.54) is 6.33 Å². The van der Waals surface area contributed by atoms with Crippen molar-refractivity contribution >= 4 is 17.6 Å². The molecule has 98 valence electrons. The summed E-state index contributed by atoms with van der Waals surface area (Å²) in [5, 5.41) is 0. The summed E-state index contributed by atoms with van der Waals surface area (Å²) in [5.41, 5.74) is 5.63. The Morgan fingerprint density at radius 1 is 1.50 bits per heavy atom. The molecule has 2 heterocycles. The third kappa shape index (κ3) is 2.88. The van der Waals surface area contributed by atoms with Gasteiger partial charge in [0.05, 0.1) is 12.5 Å². The molecule has 18 heavy (non-hydrogen) atoms. The molecule has 2 rings (SSSR count). The van der Waals surface area contributed by atoms with Gasteiger partial charge in [0.2, 0.25) is 0 Å². The number of carbonyl (C=O) groups excluding carboxylic acids is 1. The molecule has 0 bridgehead atoms. The van der Waals surface area contributed by atoms with E-state index in [1.54, 1.807) is 6.07 Å². The summed E-state index contributed by atoms with van der Waals surface area (Å²) in [4.78, 5) is 21.8. The lowest BCUT2D eigenvalue weighted by atomic mass is 9.97. The van der Waals surface area contributed by atoms with Gasteiger partial charge in [0.25, 0.3) is 0 Å². The number of carbonyl (C=O) groups is 1. The molecule has 1 saturated heterocycles. The van der Waals surface area contributed by atoms with Gasteiger partial charge in [-0.15, -0.1) is 0 Å². The fourth-order valence-corrected chi connectivity index (χ4v) is 2.14. The number of rotatable bonds is 3. The third-order valence-electron chi connectivity index (χ3n) is 3.11. The summed E-state index contributed by atoms with van der Waals surface area (Å²) in [6.45, 7) is 3.86. The number of hydrogen-bond donors (Lipinski definition) is 1. The van der Waals surface area contributed by atoms with Crippen LogP contribution in [0, 0.1) is 5.92 Å². The first kappa shape index (κ1) is 12.6. The van der Waals surface area contributed by atoms with Gasteiger partial charge in [-0.1, -0.05) is 0 Å². The molecular weight excluding hydrogens is 232 g/mol. The number of nitrogens with zero attached hydrogens (tertiary/aromatic N) is 3. The van der Waals surface area contributed by atoms with Crippen LogP contribution >= 0.6 is 0 Å². The molecule has 1 aromatic rings. The number of piperidine rings is 1. The normalized spacial score (nSPS) is 16.6. The molecule has 2 N–H and O–H groups in total. The molecule has 1 aromatic heterocycles. The van der Waals surface area contributed by atoms with Gasteiger partial charge in [-0.3, -0.25) is 4.79 Å². The molecule has 0 saturated carbocycles. The lowest BCUT2D eigenvalue weighted by Gasteiger charge is -2.31. The molecule has 0 radical (unpaired) electrons. The van der Waals surface area contributed by atoms with Crippen LogP contribution in [0.5, 0.6) is 0 Å². The smallest absolute Gasteiger partial charge is 0.309 e. The Morgan fingerprint density at radius 3 is 2.83 bits per heavy atom. The highest BCUT2D eigenvalue weighted by atomic mass is 16.5. The van der Waals surface area contributed by atoms with Crippen molar-refractivity contribution in [1.82, 2.24) is 9.97 Å². The second-order valence-corrected chi connectivity index (χ2v) is 4.31. The van der Waals surface area contributed by atoms with Crippen molar-refractivity contribution in [3.8, 4) is 0 Å². The highest BCUT2D eigenvalue weighted by Gasteiger charge is 2.26. The van der Waals surface area contributed by atoms with Crippen molar-refractivity contribution in [3.63, 3.8) is 0 Å². The van der Waals surface area contributed by atoms with E-state index in [0.717, 1.165) is 31.7 Å². The zero-order valence-corrected chi connectivity index (χ0v) is 10.5. The molecule has 1 aliphatic rings. The van der Waals surface area contributed by atoms with Crippen LogP contribution in [0.25, 0.3) is 0 Å². The highest BCUT2D eigenvalue weighted by molar-refractivity contribution is 5.72. The van der Waals surface area contributed by atoms with Crippen LogP contribution in [-0.4, -0.2) is 35.6 Å². The molecule has 0 aliphatic carbocycles. The first-order valence-corrected chi connectivity index (χ1v) is 6.19. The summed E-state index contributed by atoms with van der Waals surface area (Å²) in [6, 6.07) is 1.75. The monoisotopic (exact) mass is 250 g/mol. The van der Waals surface area contributed by atoms with Gasteiger partial charge in [0.15, 0.2) is 0 Å².